The molecule has 0 spiro atoms. The van der Waals surface area contributed by atoms with Crippen LogP contribution in [0.1, 0.15) is 6.92 Å². The van der Waals surface area contributed by atoms with E-state index in [1.54, 1.807) is 0 Å². The van der Waals surface area contributed by atoms with Crippen molar-refractivity contribution in [1.82, 2.24) is 5.32 Å². The summed E-state index contributed by atoms with van der Waals surface area (Å²) in [6.45, 7) is -2.08. The minimum Gasteiger partial charge on any atom is -0.394 e. The van der Waals surface area contributed by atoms with Crippen molar-refractivity contribution in [2.24, 2.45) is 0 Å². The van der Waals surface area contributed by atoms with Gasteiger partial charge in [-0.05, 0) is 0 Å². The molecule has 20 atom stereocenters. The molecule has 0 saturated carbocycles. The summed E-state index contributed by atoms with van der Waals surface area (Å²) < 4.78 is 38.0. The number of carbonyl (C=O) groups excluding carboxylic acids is 1. The summed E-state index contributed by atoms with van der Waals surface area (Å²) >= 11 is 0. The molecular formula is C26H45NO21. The minimum atomic E-state index is -1.95. The lowest BCUT2D eigenvalue weighted by Gasteiger charge is -2.47. The molecule has 0 aromatic rings. The Morgan fingerprint density at radius 1 is 0.542 bits per heavy atom. The van der Waals surface area contributed by atoms with Crippen molar-refractivity contribution < 1.29 is 104 Å². The van der Waals surface area contributed by atoms with Gasteiger partial charge in [-0.1, -0.05) is 0 Å². The van der Waals surface area contributed by atoms with E-state index in [1.165, 1.54) is 0 Å². The maximum Gasteiger partial charge on any atom is 0.217 e. The van der Waals surface area contributed by atoms with Crippen LogP contribution in [0.2, 0.25) is 0 Å². The molecule has 0 unspecified atom stereocenters. The van der Waals surface area contributed by atoms with Crippen LogP contribution in [0.4, 0.5) is 0 Å². The van der Waals surface area contributed by atoms with Crippen molar-refractivity contribution in [3.63, 3.8) is 0 Å². The molecule has 0 bridgehead atoms. The molecule has 280 valence electrons. The summed E-state index contributed by atoms with van der Waals surface area (Å²) in [5, 5.41) is 136. The van der Waals surface area contributed by atoms with Crippen molar-refractivity contribution in [3.8, 4) is 0 Å². The summed E-state index contributed by atoms with van der Waals surface area (Å²) in [7, 11) is 0. The number of nitrogens with one attached hydrogen (secondary N) is 1. The zero-order chi connectivity index (χ0) is 35.6. The van der Waals surface area contributed by atoms with Crippen LogP contribution in [0.5, 0.6) is 0 Å². The molecular weight excluding hydrogens is 662 g/mol. The second-order valence-corrected chi connectivity index (χ2v) is 11.9. The Morgan fingerprint density at radius 3 is 1.67 bits per heavy atom. The van der Waals surface area contributed by atoms with E-state index in [2.05, 4.69) is 5.32 Å². The molecule has 48 heavy (non-hydrogen) atoms. The van der Waals surface area contributed by atoms with Crippen LogP contribution >= 0.6 is 0 Å². The highest BCUT2D eigenvalue weighted by molar-refractivity contribution is 5.73. The maximum absolute atomic E-state index is 11.9. The Labute approximate surface area is 272 Å². The SMILES string of the molecule is CC(=O)N[C@H]1[C@H](O[C@@H]2[C@@H](O)[C@H](O)O[C@H](CO)[C@@H]2O)O[C@H](CO[C@@H]2O[C@H](CO)[C@@H](O[C@@H]3O[C@H](CO)[C@H](O)[C@H](O)[C@H]3O)[C@H](O)[C@H]2O)[C@@H](O)[C@@H]1O. The van der Waals surface area contributed by atoms with Crippen LogP contribution in [0.25, 0.3) is 0 Å². The van der Waals surface area contributed by atoms with Gasteiger partial charge in [0.2, 0.25) is 5.91 Å². The Kier molecular flexibility index (Phi) is 13.8. The fourth-order valence-electron chi connectivity index (χ4n) is 5.84. The standard InChI is InChI=1S/C26H45NO21/c1-6(31)27-11-15(35)13(33)10(46-24(11)48-22-14(34)8(3-29)43-23(41)20(22)40)5-42-25-19(39)17(37)21(9(4-30)45-25)47-26-18(38)16(36)12(32)7(2-28)44-26/h7-26,28-30,32-41H,2-5H2,1H3,(H,27,31)/t7-,8-,9-,10-,11-,12+,13-,14+,15-,16+,17-,18-,19-,20-,21-,22+,23-,24+,25-,26+/m1/s1. The van der Waals surface area contributed by atoms with Crippen LogP contribution in [0.15, 0.2) is 0 Å². The van der Waals surface area contributed by atoms with Gasteiger partial charge in [-0.25, -0.2) is 0 Å². The molecule has 1 amide bonds. The van der Waals surface area contributed by atoms with Crippen LogP contribution < -0.4 is 5.32 Å². The van der Waals surface area contributed by atoms with Crippen molar-refractivity contribution in [2.45, 2.75) is 130 Å². The quantitative estimate of drug-likeness (QED) is 0.0947. The fraction of sp³-hybridized carbons (Fsp3) is 0.962. The molecule has 0 aromatic carbocycles. The van der Waals surface area contributed by atoms with Gasteiger partial charge in [0.1, 0.15) is 97.6 Å². The largest absolute Gasteiger partial charge is 0.394 e. The zero-order valence-electron chi connectivity index (χ0n) is 25.5. The summed E-state index contributed by atoms with van der Waals surface area (Å²) in [6, 6.07) is -1.52. The van der Waals surface area contributed by atoms with E-state index in [1.807, 2.05) is 0 Å². The highest BCUT2D eigenvalue weighted by Crippen LogP contribution is 2.32. The molecule has 0 aromatic heterocycles. The van der Waals surface area contributed by atoms with E-state index in [0.717, 1.165) is 6.92 Å². The van der Waals surface area contributed by atoms with E-state index in [-0.39, 0.29) is 0 Å². The van der Waals surface area contributed by atoms with E-state index in [4.69, 9.17) is 33.2 Å². The average Bonchev–Trinajstić information content (AvgIpc) is 3.06. The number of ether oxygens (including phenoxy) is 7. The molecule has 4 heterocycles. The number of rotatable bonds is 11. The second kappa shape index (κ2) is 16.8. The van der Waals surface area contributed by atoms with E-state index in [9.17, 15) is 71.2 Å². The number of amides is 1. The van der Waals surface area contributed by atoms with Gasteiger partial charge in [0, 0.05) is 6.92 Å². The number of hydrogen-bond donors (Lipinski definition) is 14. The molecule has 22 nitrogen and oxygen atoms in total. The summed E-state index contributed by atoms with van der Waals surface area (Å²) in [5.41, 5.74) is 0. The average molecular weight is 708 g/mol. The number of carbonyl (C=O) groups is 1. The highest BCUT2D eigenvalue weighted by atomic mass is 16.8. The van der Waals surface area contributed by atoms with E-state index in [0.29, 0.717) is 0 Å². The van der Waals surface area contributed by atoms with Crippen molar-refractivity contribution in [3.05, 3.63) is 0 Å². The Bertz CT molecular complexity index is 1030. The number of aliphatic hydroxyl groups is 13. The Morgan fingerprint density at radius 2 is 1.06 bits per heavy atom. The van der Waals surface area contributed by atoms with E-state index >= 15 is 0 Å². The van der Waals surface area contributed by atoms with Gasteiger partial charge in [0.25, 0.3) is 0 Å². The zero-order valence-corrected chi connectivity index (χ0v) is 25.5. The molecule has 4 fully saturated rings. The Hall–Kier alpha value is -1.33. The van der Waals surface area contributed by atoms with Gasteiger partial charge in [-0.15, -0.1) is 0 Å². The van der Waals surface area contributed by atoms with Gasteiger partial charge in [0.05, 0.1) is 26.4 Å². The maximum atomic E-state index is 11.9. The van der Waals surface area contributed by atoms with Gasteiger partial charge < -0.3 is 105 Å². The smallest absolute Gasteiger partial charge is 0.217 e. The van der Waals surface area contributed by atoms with Crippen molar-refractivity contribution in [2.75, 3.05) is 26.4 Å². The third kappa shape index (κ3) is 8.24. The second-order valence-electron chi connectivity index (χ2n) is 11.9. The topological polar surface area (TPSA) is 357 Å². The molecule has 4 aliphatic rings. The molecule has 4 saturated heterocycles. The van der Waals surface area contributed by atoms with Gasteiger partial charge in [0.15, 0.2) is 25.2 Å². The van der Waals surface area contributed by atoms with Gasteiger partial charge in [-0.3, -0.25) is 4.79 Å². The van der Waals surface area contributed by atoms with Crippen molar-refractivity contribution >= 4 is 5.91 Å². The molecule has 22 heteroatoms. The number of aliphatic hydroxyl groups excluding tert-OH is 13. The molecule has 4 rings (SSSR count). The normalized spacial score (nSPS) is 50.2. The first-order valence-corrected chi connectivity index (χ1v) is 15.1. The summed E-state index contributed by atoms with van der Waals surface area (Å²) in [6.07, 6.45) is -32.9. The molecule has 0 radical (unpaired) electrons. The minimum absolute atomic E-state index is 0.706. The molecule has 14 N–H and O–H groups in total. The predicted octanol–water partition coefficient (Wildman–Crippen LogP) is -9.61. The summed E-state index contributed by atoms with van der Waals surface area (Å²) in [4.78, 5) is 11.9. The lowest BCUT2D eigenvalue weighted by Crippen LogP contribution is -2.68. The first-order chi connectivity index (χ1) is 22.6. The van der Waals surface area contributed by atoms with E-state index < -0.39 is 155 Å². The van der Waals surface area contributed by atoms with Crippen LogP contribution in [-0.2, 0) is 38.0 Å². The lowest BCUT2D eigenvalue weighted by atomic mass is 9.95. The monoisotopic (exact) mass is 707 g/mol. The molecule has 0 aliphatic carbocycles. The predicted molar refractivity (Wildman–Crippen MR) is 145 cm³/mol. The lowest BCUT2D eigenvalue weighted by molar-refractivity contribution is -0.366. The summed E-state index contributed by atoms with van der Waals surface area (Å²) in [5.74, 6) is -0.706. The van der Waals surface area contributed by atoms with Crippen LogP contribution in [0.3, 0.4) is 0 Å². The third-order valence-corrected chi connectivity index (χ3v) is 8.59. The highest BCUT2D eigenvalue weighted by Gasteiger charge is 2.53. The van der Waals surface area contributed by atoms with Crippen molar-refractivity contribution in [1.29, 1.82) is 0 Å². The van der Waals surface area contributed by atoms with Gasteiger partial charge >= 0.3 is 0 Å². The Balaban J connectivity index is 1.44. The molecule has 4 aliphatic heterocycles. The van der Waals surface area contributed by atoms with Crippen LogP contribution in [-0.4, -0.2) is 221 Å². The number of hydrogen-bond acceptors (Lipinski definition) is 21. The first-order valence-electron chi connectivity index (χ1n) is 15.1. The fourth-order valence-corrected chi connectivity index (χ4v) is 5.84. The van der Waals surface area contributed by atoms with Gasteiger partial charge in [-0.2, -0.15) is 0 Å². The first kappa shape index (κ1) is 39.5. The van der Waals surface area contributed by atoms with Crippen LogP contribution in [0, 0.1) is 0 Å². The third-order valence-electron chi connectivity index (χ3n) is 8.59.